The summed E-state index contributed by atoms with van der Waals surface area (Å²) in [6, 6.07) is 1.90. The lowest BCUT2D eigenvalue weighted by molar-refractivity contribution is 0.0365. The molecule has 0 saturated carbocycles. The SMILES string of the molecule is CCc1cnc2ncc(-c3ccn4nc(NCC(C)(F)F)ncc34)cn12.[HH]. The summed E-state index contributed by atoms with van der Waals surface area (Å²) in [5, 5.41) is 6.78. The Balaban J connectivity index is 0.00000210. The molecule has 4 aromatic heterocycles. The van der Waals surface area contributed by atoms with Gasteiger partial charge in [0.05, 0.1) is 24.5 Å². The van der Waals surface area contributed by atoms with E-state index in [1.165, 1.54) is 0 Å². The lowest BCUT2D eigenvalue weighted by atomic mass is 10.1. The first-order valence-corrected chi connectivity index (χ1v) is 8.23. The molecular formula is C17H19F2N7. The minimum Gasteiger partial charge on any atom is -0.347 e. The zero-order chi connectivity index (χ0) is 18.3. The van der Waals surface area contributed by atoms with Gasteiger partial charge in [-0.25, -0.2) is 28.2 Å². The van der Waals surface area contributed by atoms with Gasteiger partial charge in [0.25, 0.3) is 5.92 Å². The highest BCUT2D eigenvalue weighted by Crippen LogP contribution is 2.25. The van der Waals surface area contributed by atoms with Crippen molar-refractivity contribution in [1.82, 2.24) is 29.0 Å². The number of fused-ring (bicyclic) bond motifs is 2. The summed E-state index contributed by atoms with van der Waals surface area (Å²) in [7, 11) is 0. The number of imidazole rings is 1. The van der Waals surface area contributed by atoms with Gasteiger partial charge in [-0.2, -0.15) is 0 Å². The predicted molar refractivity (Wildman–Crippen MR) is 95.6 cm³/mol. The molecule has 0 atom stereocenters. The highest BCUT2D eigenvalue weighted by molar-refractivity contribution is 5.79. The molecule has 0 aromatic carbocycles. The summed E-state index contributed by atoms with van der Waals surface area (Å²) in [4.78, 5) is 12.8. The number of halogens is 2. The quantitative estimate of drug-likeness (QED) is 0.592. The Morgan fingerprint density at radius 3 is 2.77 bits per heavy atom. The average molecular weight is 359 g/mol. The Morgan fingerprint density at radius 2 is 2.00 bits per heavy atom. The number of rotatable bonds is 5. The Labute approximate surface area is 149 Å². The molecule has 0 unspecified atom stereocenters. The number of nitrogens with zero attached hydrogens (tertiary/aromatic N) is 6. The van der Waals surface area contributed by atoms with Crippen molar-refractivity contribution in [3.05, 3.63) is 42.7 Å². The fourth-order valence-corrected chi connectivity index (χ4v) is 2.78. The summed E-state index contributed by atoms with van der Waals surface area (Å²) in [6.45, 7) is 2.38. The molecule has 1 N–H and O–H groups in total. The van der Waals surface area contributed by atoms with E-state index in [1.807, 2.05) is 22.9 Å². The van der Waals surface area contributed by atoms with Crippen molar-refractivity contribution in [2.75, 3.05) is 11.9 Å². The van der Waals surface area contributed by atoms with Crippen LogP contribution in [0.25, 0.3) is 22.4 Å². The van der Waals surface area contributed by atoms with Gasteiger partial charge in [0, 0.05) is 43.8 Å². The number of anilines is 1. The van der Waals surface area contributed by atoms with E-state index in [-0.39, 0.29) is 7.37 Å². The number of aromatic nitrogens is 6. The van der Waals surface area contributed by atoms with Crippen LogP contribution in [-0.4, -0.2) is 41.4 Å². The van der Waals surface area contributed by atoms with Crippen molar-refractivity contribution >= 4 is 17.2 Å². The van der Waals surface area contributed by atoms with Crippen molar-refractivity contribution < 1.29 is 10.2 Å². The third-order valence-electron chi connectivity index (χ3n) is 4.09. The van der Waals surface area contributed by atoms with Crippen molar-refractivity contribution in [2.45, 2.75) is 26.2 Å². The molecule has 4 heterocycles. The lowest BCUT2D eigenvalue weighted by Gasteiger charge is -2.11. The molecule has 0 fully saturated rings. The maximum Gasteiger partial charge on any atom is 0.262 e. The monoisotopic (exact) mass is 359 g/mol. The van der Waals surface area contributed by atoms with Gasteiger partial charge in [-0.15, -0.1) is 5.10 Å². The van der Waals surface area contributed by atoms with Crippen molar-refractivity contribution in [3.63, 3.8) is 0 Å². The van der Waals surface area contributed by atoms with E-state index in [4.69, 9.17) is 0 Å². The van der Waals surface area contributed by atoms with Crippen LogP contribution in [-0.2, 0) is 6.42 Å². The summed E-state index contributed by atoms with van der Waals surface area (Å²) in [5.41, 5.74) is 3.64. The van der Waals surface area contributed by atoms with Crippen molar-refractivity contribution in [2.24, 2.45) is 0 Å². The zero-order valence-corrected chi connectivity index (χ0v) is 14.3. The van der Waals surface area contributed by atoms with E-state index in [0.717, 1.165) is 35.7 Å². The van der Waals surface area contributed by atoms with Crippen LogP contribution in [0, 0.1) is 0 Å². The zero-order valence-electron chi connectivity index (χ0n) is 14.3. The van der Waals surface area contributed by atoms with Gasteiger partial charge in [0.15, 0.2) is 0 Å². The normalized spacial score (nSPS) is 12.2. The highest BCUT2D eigenvalue weighted by Gasteiger charge is 2.21. The van der Waals surface area contributed by atoms with Gasteiger partial charge < -0.3 is 5.32 Å². The average Bonchev–Trinajstić information content (AvgIpc) is 3.22. The van der Waals surface area contributed by atoms with E-state index in [9.17, 15) is 8.78 Å². The van der Waals surface area contributed by atoms with E-state index < -0.39 is 12.5 Å². The summed E-state index contributed by atoms with van der Waals surface area (Å²) < 4.78 is 29.5. The summed E-state index contributed by atoms with van der Waals surface area (Å²) in [5.74, 6) is -2.03. The van der Waals surface area contributed by atoms with Crippen LogP contribution in [0.4, 0.5) is 14.7 Å². The van der Waals surface area contributed by atoms with Crippen LogP contribution >= 0.6 is 0 Å². The van der Waals surface area contributed by atoms with Gasteiger partial charge in [0.1, 0.15) is 0 Å². The molecule has 26 heavy (non-hydrogen) atoms. The topological polar surface area (TPSA) is 72.4 Å². The number of hydrogen-bond acceptors (Lipinski definition) is 5. The van der Waals surface area contributed by atoms with Gasteiger partial charge in [-0.05, 0) is 12.5 Å². The molecule has 0 aliphatic carbocycles. The predicted octanol–water partition coefficient (Wildman–Crippen LogP) is 3.31. The first kappa shape index (κ1) is 16.4. The third kappa shape index (κ3) is 2.96. The largest absolute Gasteiger partial charge is 0.347 e. The van der Waals surface area contributed by atoms with Gasteiger partial charge >= 0.3 is 0 Å². The van der Waals surface area contributed by atoms with E-state index in [0.29, 0.717) is 5.78 Å². The van der Waals surface area contributed by atoms with Crippen molar-refractivity contribution in [1.29, 1.82) is 0 Å². The Kier molecular flexibility index (Phi) is 3.78. The van der Waals surface area contributed by atoms with Gasteiger partial charge in [-0.1, -0.05) is 6.92 Å². The number of alkyl halides is 2. The van der Waals surface area contributed by atoms with Crippen LogP contribution in [0.15, 0.2) is 37.1 Å². The molecule has 136 valence electrons. The van der Waals surface area contributed by atoms with Gasteiger partial charge in [-0.3, -0.25) is 4.40 Å². The second-order valence-electron chi connectivity index (χ2n) is 6.18. The van der Waals surface area contributed by atoms with E-state index in [2.05, 4.69) is 32.3 Å². The second kappa shape index (κ2) is 6.01. The maximum atomic E-state index is 13.0. The van der Waals surface area contributed by atoms with Crippen molar-refractivity contribution in [3.8, 4) is 11.1 Å². The van der Waals surface area contributed by atoms with Crippen LogP contribution < -0.4 is 5.32 Å². The van der Waals surface area contributed by atoms with E-state index in [1.54, 1.807) is 23.1 Å². The molecule has 7 nitrogen and oxygen atoms in total. The summed E-state index contributed by atoms with van der Waals surface area (Å²) >= 11 is 0. The Bertz CT molecular complexity index is 1080. The molecule has 4 aromatic rings. The number of aryl methyl sites for hydroxylation is 1. The molecule has 4 rings (SSSR count). The number of hydrogen-bond donors (Lipinski definition) is 1. The molecular weight excluding hydrogens is 340 g/mol. The molecule has 0 saturated heterocycles. The maximum absolute atomic E-state index is 13.0. The highest BCUT2D eigenvalue weighted by atomic mass is 19.3. The molecule has 0 aliphatic rings. The van der Waals surface area contributed by atoms with Gasteiger partial charge in [0.2, 0.25) is 11.7 Å². The fraction of sp³-hybridized carbons (Fsp3) is 0.294. The Hall–Kier alpha value is -3.10. The van der Waals surface area contributed by atoms with Crippen LogP contribution in [0.5, 0.6) is 0 Å². The minimum absolute atomic E-state index is 0. The van der Waals surface area contributed by atoms with E-state index >= 15 is 0 Å². The number of nitrogens with one attached hydrogen (secondary N) is 1. The molecule has 0 amide bonds. The lowest BCUT2D eigenvalue weighted by Crippen LogP contribution is -2.24. The second-order valence-corrected chi connectivity index (χ2v) is 6.18. The molecule has 0 spiro atoms. The van der Waals surface area contributed by atoms with Crippen LogP contribution in [0.3, 0.4) is 0 Å². The fourth-order valence-electron chi connectivity index (χ4n) is 2.78. The standard InChI is InChI=1S/C17H17F2N7.H2/c1-3-12-7-22-16-21-6-11(9-25(12)16)13-4-5-26-14(13)8-20-15(24-26)23-10-17(2,18)19;/h4-9H,3,10H2,1-2H3,(H,23,24);1H. The van der Waals surface area contributed by atoms with Crippen LogP contribution in [0.2, 0.25) is 0 Å². The minimum atomic E-state index is -2.83. The summed E-state index contributed by atoms with van der Waals surface area (Å²) in [6.07, 6.45) is 9.77. The molecule has 0 bridgehead atoms. The third-order valence-corrected chi connectivity index (χ3v) is 4.09. The first-order valence-electron chi connectivity index (χ1n) is 8.23. The molecule has 0 aliphatic heterocycles. The first-order chi connectivity index (χ1) is 12.4. The van der Waals surface area contributed by atoms with Crippen LogP contribution in [0.1, 0.15) is 21.0 Å². The Morgan fingerprint density at radius 1 is 1.19 bits per heavy atom. The molecule has 9 heteroatoms. The smallest absolute Gasteiger partial charge is 0.262 e. The molecule has 0 radical (unpaired) electrons.